The van der Waals surface area contributed by atoms with E-state index in [1.54, 1.807) is 20.8 Å². The third-order valence-corrected chi connectivity index (χ3v) is 9.15. The van der Waals surface area contributed by atoms with Crippen LogP contribution in [0.2, 0.25) is 18.1 Å². The Morgan fingerprint density at radius 3 is 1.96 bits per heavy atom. The van der Waals surface area contributed by atoms with Gasteiger partial charge in [-0.05, 0) is 51.7 Å². The van der Waals surface area contributed by atoms with Crippen molar-refractivity contribution in [1.82, 2.24) is 4.90 Å². The molecule has 0 saturated carbocycles. The number of aliphatic hydroxyl groups excluding tert-OH is 1. The second kappa shape index (κ2) is 9.19. The molecule has 2 N–H and O–H groups in total. The lowest BCUT2D eigenvalue weighted by molar-refractivity contribution is -0.143. The molecule has 0 aromatic rings. The van der Waals surface area contributed by atoms with Gasteiger partial charge < -0.3 is 19.4 Å². The van der Waals surface area contributed by atoms with Gasteiger partial charge in [0.15, 0.2) is 8.32 Å². The molecular formula is C18H37NO6Si. The van der Waals surface area contributed by atoms with E-state index in [1.165, 1.54) is 7.05 Å². The zero-order chi connectivity index (χ0) is 20.9. The molecule has 0 aromatic carbocycles. The maximum atomic E-state index is 12.1. The molecule has 0 heterocycles. The first kappa shape index (κ1) is 24.9. The molecule has 0 aliphatic heterocycles. The molecule has 0 unspecified atom stereocenters. The van der Waals surface area contributed by atoms with E-state index in [9.17, 15) is 19.8 Å². The molecule has 0 spiro atoms. The summed E-state index contributed by atoms with van der Waals surface area (Å²) in [6.45, 7) is 15.8. The number of carboxylic acid groups (broad SMARTS) is 1. The van der Waals surface area contributed by atoms with Gasteiger partial charge in [0.2, 0.25) is 0 Å². The Morgan fingerprint density at radius 2 is 1.58 bits per heavy atom. The van der Waals surface area contributed by atoms with Crippen molar-refractivity contribution in [2.75, 3.05) is 13.7 Å². The number of nitrogens with zero attached hydrogens (tertiary/aromatic N) is 1. The lowest BCUT2D eigenvalue weighted by atomic mass is 10.1. The topological polar surface area (TPSA) is 96.3 Å². The van der Waals surface area contributed by atoms with Crippen LogP contribution in [0.3, 0.4) is 0 Å². The monoisotopic (exact) mass is 391 g/mol. The summed E-state index contributed by atoms with van der Waals surface area (Å²) in [5, 5.41) is 19.6. The minimum absolute atomic E-state index is 0.0350. The first-order valence-corrected chi connectivity index (χ1v) is 11.9. The normalized spacial score (nSPS) is 15.3. The third kappa shape index (κ3) is 8.51. The van der Waals surface area contributed by atoms with Crippen molar-refractivity contribution in [2.24, 2.45) is 0 Å². The van der Waals surface area contributed by atoms with Gasteiger partial charge in [-0.3, -0.25) is 4.90 Å². The van der Waals surface area contributed by atoms with Gasteiger partial charge in [-0.15, -0.1) is 0 Å². The number of rotatable bonds is 8. The second-order valence-electron chi connectivity index (χ2n) is 9.25. The summed E-state index contributed by atoms with van der Waals surface area (Å²) in [6, 6.07) is -1.06. The van der Waals surface area contributed by atoms with Crippen LogP contribution < -0.4 is 0 Å². The average molecular weight is 392 g/mol. The van der Waals surface area contributed by atoms with Gasteiger partial charge in [-0.1, -0.05) is 20.8 Å². The van der Waals surface area contributed by atoms with E-state index < -0.39 is 38.1 Å². The molecular weight excluding hydrogens is 354 g/mol. The van der Waals surface area contributed by atoms with Crippen LogP contribution in [-0.2, 0) is 14.0 Å². The first-order chi connectivity index (χ1) is 11.5. The summed E-state index contributed by atoms with van der Waals surface area (Å²) in [4.78, 5) is 24.7. The summed E-state index contributed by atoms with van der Waals surface area (Å²) in [5.41, 5.74) is -0.703. The lowest BCUT2D eigenvalue weighted by Gasteiger charge is -2.36. The molecule has 8 heteroatoms. The summed E-state index contributed by atoms with van der Waals surface area (Å²) in [7, 11) is -0.579. The third-order valence-electron chi connectivity index (χ3n) is 4.65. The van der Waals surface area contributed by atoms with E-state index in [-0.39, 0.29) is 24.5 Å². The highest BCUT2D eigenvalue weighted by atomic mass is 28.4. The van der Waals surface area contributed by atoms with Crippen molar-refractivity contribution in [3.8, 4) is 0 Å². The molecule has 26 heavy (non-hydrogen) atoms. The van der Waals surface area contributed by atoms with Crippen LogP contribution in [0.15, 0.2) is 0 Å². The highest BCUT2D eigenvalue weighted by molar-refractivity contribution is 6.74. The van der Waals surface area contributed by atoms with E-state index in [0.717, 1.165) is 4.90 Å². The number of aliphatic carboxylic acids is 1. The minimum Gasteiger partial charge on any atom is -0.480 e. The van der Waals surface area contributed by atoms with Crippen LogP contribution >= 0.6 is 0 Å². The van der Waals surface area contributed by atoms with Gasteiger partial charge in [0.05, 0.1) is 12.7 Å². The number of ether oxygens (including phenoxy) is 1. The number of carboxylic acids is 1. The Bertz CT molecular complexity index is 481. The second-order valence-corrected chi connectivity index (χ2v) is 14.1. The fraction of sp³-hybridized carbons (Fsp3) is 0.889. The van der Waals surface area contributed by atoms with E-state index in [0.29, 0.717) is 0 Å². The minimum atomic E-state index is -1.97. The van der Waals surface area contributed by atoms with Gasteiger partial charge in [0.25, 0.3) is 0 Å². The highest BCUT2D eigenvalue weighted by Gasteiger charge is 2.37. The molecule has 0 fully saturated rings. The number of likely N-dealkylation sites (N-methyl/N-ethyl adjacent to an activating group) is 1. The van der Waals surface area contributed by atoms with E-state index >= 15 is 0 Å². The zero-order valence-electron chi connectivity index (χ0n) is 17.8. The van der Waals surface area contributed by atoms with Gasteiger partial charge in [0, 0.05) is 7.05 Å². The van der Waals surface area contributed by atoms with Crippen molar-refractivity contribution < 1.29 is 29.0 Å². The number of amides is 1. The Kier molecular flexibility index (Phi) is 8.79. The van der Waals surface area contributed by atoms with Gasteiger partial charge in [0.1, 0.15) is 11.6 Å². The fourth-order valence-corrected chi connectivity index (χ4v) is 2.94. The Morgan fingerprint density at radius 1 is 1.08 bits per heavy atom. The van der Waals surface area contributed by atoms with Gasteiger partial charge in [-0.25, -0.2) is 9.59 Å². The number of aliphatic hydroxyl groups is 1. The Balaban J connectivity index is 4.70. The molecule has 0 rings (SSSR count). The van der Waals surface area contributed by atoms with Crippen LogP contribution in [0.1, 0.15) is 54.4 Å². The molecule has 7 nitrogen and oxygen atoms in total. The molecule has 0 saturated heterocycles. The van der Waals surface area contributed by atoms with Crippen LogP contribution in [0, 0.1) is 0 Å². The molecule has 0 bridgehead atoms. The summed E-state index contributed by atoms with van der Waals surface area (Å²) >= 11 is 0. The van der Waals surface area contributed by atoms with E-state index in [2.05, 4.69) is 33.9 Å². The van der Waals surface area contributed by atoms with Crippen molar-refractivity contribution in [2.45, 2.75) is 90.3 Å². The van der Waals surface area contributed by atoms with Gasteiger partial charge in [-0.2, -0.15) is 0 Å². The van der Waals surface area contributed by atoms with Crippen LogP contribution in [-0.4, -0.2) is 66.9 Å². The van der Waals surface area contributed by atoms with Crippen molar-refractivity contribution >= 4 is 20.4 Å². The maximum absolute atomic E-state index is 12.1. The Labute approximate surface area is 158 Å². The summed E-state index contributed by atoms with van der Waals surface area (Å²) < 4.78 is 11.2. The largest absolute Gasteiger partial charge is 0.480 e. The SMILES string of the molecule is CN(C(=O)OC(C)(C)C)[C@@H](CC[C@H](O)CO[Si](C)(C)C(C)(C)C)C(=O)O. The smallest absolute Gasteiger partial charge is 0.410 e. The van der Waals surface area contributed by atoms with Crippen molar-refractivity contribution in [3.63, 3.8) is 0 Å². The molecule has 0 aliphatic carbocycles. The van der Waals surface area contributed by atoms with Crippen molar-refractivity contribution in [3.05, 3.63) is 0 Å². The highest BCUT2D eigenvalue weighted by Crippen LogP contribution is 2.36. The average Bonchev–Trinajstić information content (AvgIpc) is 2.41. The van der Waals surface area contributed by atoms with Crippen molar-refractivity contribution in [1.29, 1.82) is 0 Å². The van der Waals surface area contributed by atoms with E-state index in [1.807, 2.05) is 0 Å². The zero-order valence-corrected chi connectivity index (χ0v) is 18.8. The number of hydrogen-bond acceptors (Lipinski definition) is 5. The summed E-state index contributed by atoms with van der Waals surface area (Å²) in [5.74, 6) is -1.13. The lowest BCUT2D eigenvalue weighted by Crippen LogP contribution is -2.45. The molecule has 154 valence electrons. The molecule has 0 radical (unpaired) electrons. The molecule has 2 atom stereocenters. The molecule has 0 aromatic heterocycles. The standard InChI is InChI=1S/C18H37NO6Si/c1-17(2,3)25-16(23)19(7)14(15(21)22)11-10-13(20)12-24-26(8,9)18(4,5)6/h13-14,20H,10-12H2,1-9H3,(H,21,22)/t13-,14-/m0/s1. The van der Waals surface area contributed by atoms with Crippen LogP contribution in [0.4, 0.5) is 4.79 Å². The quantitative estimate of drug-likeness (QED) is 0.615. The maximum Gasteiger partial charge on any atom is 0.410 e. The first-order valence-electron chi connectivity index (χ1n) is 8.98. The van der Waals surface area contributed by atoms with Gasteiger partial charge >= 0.3 is 12.1 Å². The van der Waals surface area contributed by atoms with E-state index in [4.69, 9.17) is 9.16 Å². The number of carbonyl (C=O) groups is 2. The van der Waals surface area contributed by atoms with Crippen LogP contribution in [0.25, 0.3) is 0 Å². The fourth-order valence-electron chi connectivity index (χ4n) is 1.90. The molecule has 0 aliphatic rings. The number of hydrogen-bond donors (Lipinski definition) is 2. The summed E-state index contributed by atoms with van der Waals surface area (Å²) in [6.07, 6.45) is -1.14. The predicted octanol–water partition coefficient (Wildman–Crippen LogP) is 3.47. The predicted molar refractivity (Wildman–Crippen MR) is 104 cm³/mol. The Hall–Kier alpha value is -1.12. The molecule has 1 amide bonds. The van der Waals surface area contributed by atoms with Crippen LogP contribution in [0.5, 0.6) is 0 Å². The number of carbonyl (C=O) groups excluding carboxylic acids is 1.